The van der Waals surface area contributed by atoms with Crippen LogP contribution < -0.4 is 4.74 Å². The Balaban J connectivity index is 1.61. The number of ether oxygens (including phenoxy) is 1. The number of rotatable bonds is 8. The molecule has 1 atom stereocenters. The normalized spacial score (nSPS) is 13.4. The van der Waals surface area contributed by atoms with Gasteiger partial charge in [0.2, 0.25) is 0 Å². The van der Waals surface area contributed by atoms with Crippen LogP contribution in [0.1, 0.15) is 18.1 Å². The SMILES string of the molecule is CC(O)(Cc1cccc(COc2ccc(-c3ccn[nH]3)nc2)c1)C[SH](=O)=O. The fourth-order valence-corrected chi connectivity index (χ4v) is 3.46. The standard InChI is InChI=1S/C19H21N3O4S/c1-19(23,13-27(24)25)10-14-3-2-4-15(9-14)12-26-16-5-6-17(20-11-16)18-7-8-21-22-18/h2-9,11,23,27H,10,12-13H2,1H3,(H,21,22). The van der Waals surface area contributed by atoms with E-state index < -0.39 is 16.3 Å². The zero-order valence-corrected chi connectivity index (χ0v) is 15.7. The van der Waals surface area contributed by atoms with E-state index in [0.29, 0.717) is 12.4 Å². The number of aromatic amines is 1. The molecule has 0 spiro atoms. The van der Waals surface area contributed by atoms with E-state index >= 15 is 0 Å². The quantitative estimate of drug-likeness (QED) is 0.510. The number of benzene rings is 1. The van der Waals surface area contributed by atoms with Crippen LogP contribution >= 0.6 is 0 Å². The Kier molecular flexibility index (Phi) is 5.88. The maximum absolute atomic E-state index is 10.9. The summed E-state index contributed by atoms with van der Waals surface area (Å²) in [6.07, 6.45) is 3.57. The molecule has 0 aliphatic rings. The molecule has 0 aliphatic carbocycles. The average molecular weight is 387 g/mol. The summed E-state index contributed by atoms with van der Waals surface area (Å²) >= 11 is 0. The molecule has 142 valence electrons. The zero-order valence-electron chi connectivity index (χ0n) is 14.8. The van der Waals surface area contributed by atoms with Crippen molar-refractivity contribution in [2.75, 3.05) is 5.75 Å². The van der Waals surface area contributed by atoms with E-state index in [2.05, 4.69) is 15.2 Å². The Morgan fingerprint density at radius 2 is 2.00 bits per heavy atom. The highest BCUT2D eigenvalue weighted by molar-refractivity contribution is 7.72. The first-order valence-electron chi connectivity index (χ1n) is 8.42. The van der Waals surface area contributed by atoms with Crippen LogP contribution in [0.3, 0.4) is 0 Å². The number of hydrogen-bond acceptors (Lipinski definition) is 6. The van der Waals surface area contributed by atoms with Gasteiger partial charge < -0.3 is 9.84 Å². The maximum Gasteiger partial charge on any atom is 0.142 e. The Bertz CT molecular complexity index is 943. The fraction of sp³-hybridized carbons (Fsp3) is 0.263. The molecule has 0 saturated carbocycles. The van der Waals surface area contributed by atoms with Crippen LogP contribution in [-0.4, -0.2) is 40.1 Å². The van der Waals surface area contributed by atoms with Gasteiger partial charge in [0.1, 0.15) is 23.1 Å². The summed E-state index contributed by atoms with van der Waals surface area (Å²) < 4.78 is 27.5. The number of aliphatic hydroxyl groups is 1. The smallest absolute Gasteiger partial charge is 0.142 e. The molecule has 1 unspecified atom stereocenters. The third-order valence-electron chi connectivity index (χ3n) is 3.96. The zero-order chi connectivity index (χ0) is 19.3. The lowest BCUT2D eigenvalue weighted by Crippen LogP contribution is -2.32. The highest BCUT2D eigenvalue weighted by Crippen LogP contribution is 2.19. The monoisotopic (exact) mass is 387 g/mol. The van der Waals surface area contributed by atoms with Crippen molar-refractivity contribution >= 4 is 10.7 Å². The minimum atomic E-state index is -2.63. The van der Waals surface area contributed by atoms with Gasteiger partial charge in [0, 0.05) is 12.6 Å². The molecule has 27 heavy (non-hydrogen) atoms. The second-order valence-corrected chi connectivity index (χ2v) is 7.60. The Labute approximate surface area is 159 Å². The second kappa shape index (κ2) is 8.32. The van der Waals surface area contributed by atoms with Crippen molar-refractivity contribution in [3.8, 4) is 17.1 Å². The summed E-state index contributed by atoms with van der Waals surface area (Å²) in [5.74, 6) is 0.372. The minimum Gasteiger partial charge on any atom is -0.487 e. The van der Waals surface area contributed by atoms with Gasteiger partial charge >= 0.3 is 0 Å². The molecule has 2 aromatic heterocycles. The fourth-order valence-electron chi connectivity index (χ4n) is 2.79. The molecule has 2 N–H and O–H groups in total. The molecule has 8 heteroatoms. The van der Waals surface area contributed by atoms with Crippen LogP contribution in [0, 0.1) is 0 Å². The van der Waals surface area contributed by atoms with E-state index in [4.69, 9.17) is 4.74 Å². The van der Waals surface area contributed by atoms with Crippen LogP contribution in [0.15, 0.2) is 54.9 Å². The topological polar surface area (TPSA) is 105 Å². The van der Waals surface area contributed by atoms with Crippen molar-refractivity contribution in [3.63, 3.8) is 0 Å². The number of nitrogens with one attached hydrogen (secondary N) is 1. The molecular weight excluding hydrogens is 366 g/mol. The van der Waals surface area contributed by atoms with Gasteiger partial charge in [-0.3, -0.25) is 10.1 Å². The van der Waals surface area contributed by atoms with Gasteiger partial charge in [0.25, 0.3) is 0 Å². The number of aromatic nitrogens is 3. The summed E-state index contributed by atoms with van der Waals surface area (Å²) in [7, 11) is -2.63. The van der Waals surface area contributed by atoms with Crippen LogP contribution in [0.25, 0.3) is 11.4 Å². The van der Waals surface area contributed by atoms with Crippen molar-refractivity contribution in [1.82, 2.24) is 15.2 Å². The number of thiol groups is 1. The van der Waals surface area contributed by atoms with Crippen LogP contribution in [0.4, 0.5) is 0 Å². The first-order chi connectivity index (χ1) is 12.9. The highest BCUT2D eigenvalue weighted by Gasteiger charge is 2.22. The number of H-pyrrole nitrogens is 1. The van der Waals surface area contributed by atoms with Crippen LogP contribution in [0.2, 0.25) is 0 Å². The van der Waals surface area contributed by atoms with E-state index in [1.54, 1.807) is 12.4 Å². The lowest BCUT2D eigenvalue weighted by molar-refractivity contribution is 0.0848. The van der Waals surface area contributed by atoms with Gasteiger partial charge in [0.15, 0.2) is 0 Å². The molecular formula is C19H21N3O4S. The first-order valence-corrected chi connectivity index (χ1v) is 9.78. The third kappa shape index (κ3) is 5.63. The lowest BCUT2D eigenvalue weighted by atomic mass is 9.97. The van der Waals surface area contributed by atoms with E-state index in [-0.39, 0.29) is 12.2 Å². The molecule has 2 heterocycles. The summed E-state index contributed by atoms with van der Waals surface area (Å²) in [6, 6.07) is 13.1. The van der Waals surface area contributed by atoms with Crippen molar-refractivity contribution < 1.29 is 18.3 Å². The second-order valence-electron chi connectivity index (χ2n) is 6.62. The number of pyridine rings is 1. The summed E-state index contributed by atoms with van der Waals surface area (Å²) in [5.41, 5.74) is 2.10. The van der Waals surface area contributed by atoms with Gasteiger partial charge in [-0.05, 0) is 36.2 Å². The largest absolute Gasteiger partial charge is 0.487 e. The molecule has 3 aromatic rings. The number of nitrogens with zero attached hydrogens (tertiary/aromatic N) is 2. The van der Waals surface area contributed by atoms with Crippen molar-refractivity contribution in [2.45, 2.75) is 25.6 Å². The molecule has 0 radical (unpaired) electrons. The Morgan fingerprint density at radius 3 is 2.67 bits per heavy atom. The van der Waals surface area contributed by atoms with E-state index in [1.807, 2.05) is 42.5 Å². The molecule has 7 nitrogen and oxygen atoms in total. The van der Waals surface area contributed by atoms with Gasteiger partial charge in [-0.1, -0.05) is 24.3 Å². The number of hydrogen-bond donors (Lipinski definition) is 3. The van der Waals surface area contributed by atoms with Crippen molar-refractivity contribution in [2.24, 2.45) is 0 Å². The lowest BCUT2D eigenvalue weighted by Gasteiger charge is -2.20. The predicted molar refractivity (Wildman–Crippen MR) is 102 cm³/mol. The van der Waals surface area contributed by atoms with Crippen LogP contribution in [0.5, 0.6) is 5.75 Å². The highest BCUT2D eigenvalue weighted by atomic mass is 32.2. The Morgan fingerprint density at radius 1 is 1.19 bits per heavy atom. The molecule has 1 aromatic carbocycles. The van der Waals surface area contributed by atoms with Crippen molar-refractivity contribution in [3.05, 3.63) is 66.0 Å². The summed E-state index contributed by atoms with van der Waals surface area (Å²) in [5, 5.41) is 17.0. The molecule has 0 fully saturated rings. The predicted octanol–water partition coefficient (Wildman–Crippen LogP) is 1.96. The molecule has 0 amide bonds. The van der Waals surface area contributed by atoms with E-state index in [1.165, 1.54) is 6.92 Å². The maximum atomic E-state index is 10.9. The molecule has 3 rings (SSSR count). The van der Waals surface area contributed by atoms with Gasteiger partial charge in [-0.2, -0.15) is 5.10 Å². The van der Waals surface area contributed by atoms with E-state index in [9.17, 15) is 13.5 Å². The third-order valence-corrected chi connectivity index (χ3v) is 4.90. The molecule has 0 saturated heterocycles. The van der Waals surface area contributed by atoms with Gasteiger partial charge in [0.05, 0.1) is 28.9 Å². The molecule has 0 aliphatic heterocycles. The average Bonchev–Trinajstić information content (AvgIpc) is 3.14. The summed E-state index contributed by atoms with van der Waals surface area (Å²) in [4.78, 5) is 4.34. The van der Waals surface area contributed by atoms with Gasteiger partial charge in [-0.25, -0.2) is 8.42 Å². The minimum absolute atomic E-state index is 0.255. The van der Waals surface area contributed by atoms with Crippen molar-refractivity contribution in [1.29, 1.82) is 0 Å². The molecule has 0 bridgehead atoms. The van der Waals surface area contributed by atoms with Gasteiger partial charge in [-0.15, -0.1) is 0 Å². The summed E-state index contributed by atoms with van der Waals surface area (Å²) in [6.45, 7) is 1.87. The van der Waals surface area contributed by atoms with Crippen LogP contribution in [-0.2, 0) is 23.7 Å². The first kappa shape index (κ1) is 19.1. The van der Waals surface area contributed by atoms with E-state index in [0.717, 1.165) is 22.5 Å². The Hall–Kier alpha value is -2.71.